The summed E-state index contributed by atoms with van der Waals surface area (Å²) in [5, 5.41) is 3.03. The summed E-state index contributed by atoms with van der Waals surface area (Å²) >= 11 is 0. The Labute approximate surface area is 115 Å². The molecule has 1 aromatic heterocycles. The third-order valence-electron chi connectivity index (χ3n) is 3.48. The Morgan fingerprint density at radius 1 is 1.11 bits per heavy atom. The minimum atomic E-state index is 0.179. The van der Waals surface area contributed by atoms with E-state index in [9.17, 15) is 0 Å². The summed E-state index contributed by atoms with van der Waals surface area (Å²) in [6.07, 6.45) is 1.89. The van der Waals surface area contributed by atoms with Crippen molar-refractivity contribution in [2.75, 3.05) is 12.4 Å². The average molecular weight is 257 g/mol. The molecule has 2 rings (SSSR count). The molecule has 0 saturated heterocycles. The van der Waals surface area contributed by atoms with Crippen molar-refractivity contribution in [3.8, 4) is 11.3 Å². The number of aromatic nitrogens is 2. The predicted octanol–water partition coefficient (Wildman–Crippen LogP) is 4.03. The third kappa shape index (κ3) is 2.65. The first-order valence-corrected chi connectivity index (χ1v) is 6.68. The molecule has 0 amide bonds. The van der Waals surface area contributed by atoms with Gasteiger partial charge >= 0.3 is 0 Å². The molecule has 0 aliphatic carbocycles. The Hall–Kier alpha value is -1.77. The Bertz CT molecular complexity index is 565. The van der Waals surface area contributed by atoms with Crippen LogP contribution in [0.3, 0.4) is 0 Å². The number of imidazole rings is 1. The second-order valence-electron chi connectivity index (χ2n) is 6.13. The summed E-state index contributed by atoms with van der Waals surface area (Å²) < 4.78 is 0. The van der Waals surface area contributed by atoms with Crippen molar-refractivity contribution < 1.29 is 0 Å². The van der Waals surface area contributed by atoms with Gasteiger partial charge in [-0.15, -0.1) is 0 Å². The highest BCUT2D eigenvalue weighted by Gasteiger charge is 2.17. The van der Waals surface area contributed by atoms with Gasteiger partial charge < -0.3 is 10.3 Å². The number of nitrogens with zero attached hydrogens (tertiary/aromatic N) is 1. The third-order valence-corrected chi connectivity index (χ3v) is 3.48. The molecule has 0 atom stereocenters. The van der Waals surface area contributed by atoms with Gasteiger partial charge in [-0.1, -0.05) is 32.9 Å². The normalized spacial score (nSPS) is 11.7. The van der Waals surface area contributed by atoms with Crippen LogP contribution in [0.1, 0.15) is 37.5 Å². The molecule has 1 heterocycles. The fraction of sp³-hybridized carbons (Fsp3) is 0.438. The van der Waals surface area contributed by atoms with Gasteiger partial charge in [-0.2, -0.15) is 0 Å². The Balaban J connectivity index is 2.53. The van der Waals surface area contributed by atoms with Gasteiger partial charge in [0.25, 0.3) is 0 Å². The number of aryl methyl sites for hydroxylation is 2. The number of aromatic amines is 1. The van der Waals surface area contributed by atoms with Crippen LogP contribution >= 0.6 is 0 Å². The fourth-order valence-electron chi connectivity index (χ4n) is 2.40. The van der Waals surface area contributed by atoms with E-state index in [-0.39, 0.29) is 5.41 Å². The van der Waals surface area contributed by atoms with Crippen molar-refractivity contribution in [3.63, 3.8) is 0 Å². The monoisotopic (exact) mass is 257 g/mol. The average Bonchev–Trinajstić information content (AvgIpc) is 2.75. The Morgan fingerprint density at radius 3 is 2.11 bits per heavy atom. The van der Waals surface area contributed by atoms with Gasteiger partial charge in [-0.05, 0) is 36.0 Å². The van der Waals surface area contributed by atoms with Gasteiger partial charge in [0.05, 0.1) is 11.9 Å². The van der Waals surface area contributed by atoms with Crippen LogP contribution in [-0.2, 0) is 5.41 Å². The topological polar surface area (TPSA) is 40.7 Å². The highest BCUT2D eigenvalue weighted by Crippen LogP contribution is 2.32. The van der Waals surface area contributed by atoms with Crippen LogP contribution in [0.4, 0.5) is 5.95 Å². The lowest BCUT2D eigenvalue weighted by Crippen LogP contribution is -2.12. The molecule has 0 spiro atoms. The lowest BCUT2D eigenvalue weighted by molar-refractivity contribution is 0.589. The van der Waals surface area contributed by atoms with Crippen molar-refractivity contribution in [1.82, 2.24) is 9.97 Å². The van der Waals surface area contributed by atoms with Gasteiger partial charge in [0.15, 0.2) is 5.95 Å². The molecule has 0 aliphatic rings. The van der Waals surface area contributed by atoms with Gasteiger partial charge in [-0.25, -0.2) is 4.98 Å². The molecule has 102 valence electrons. The number of nitrogens with one attached hydrogen (secondary N) is 2. The molecule has 1 aromatic carbocycles. The van der Waals surface area contributed by atoms with Crippen LogP contribution in [-0.4, -0.2) is 17.0 Å². The van der Waals surface area contributed by atoms with Crippen molar-refractivity contribution in [2.45, 2.75) is 40.0 Å². The maximum absolute atomic E-state index is 4.30. The molecule has 0 bridgehead atoms. The maximum Gasteiger partial charge on any atom is 0.200 e. The van der Waals surface area contributed by atoms with Crippen molar-refractivity contribution in [2.24, 2.45) is 0 Å². The number of H-pyrrole nitrogens is 1. The van der Waals surface area contributed by atoms with E-state index < -0.39 is 0 Å². The van der Waals surface area contributed by atoms with E-state index in [1.54, 1.807) is 0 Å². The highest BCUT2D eigenvalue weighted by atomic mass is 15.1. The Kier molecular flexibility index (Phi) is 3.40. The molecule has 2 N–H and O–H groups in total. The number of hydrogen-bond acceptors (Lipinski definition) is 2. The van der Waals surface area contributed by atoms with Crippen molar-refractivity contribution in [1.29, 1.82) is 0 Å². The zero-order valence-corrected chi connectivity index (χ0v) is 12.7. The zero-order valence-electron chi connectivity index (χ0n) is 12.7. The number of rotatable bonds is 2. The summed E-state index contributed by atoms with van der Waals surface area (Å²) in [5.41, 5.74) is 6.45. The minimum absolute atomic E-state index is 0.179. The van der Waals surface area contributed by atoms with Crippen LogP contribution in [0.2, 0.25) is 0 Å². The summed E-state index contributed by atoms with van der Waals surface area (Å²) in [6.45, 7) is 11.1. The highest BCUT2D eigenvalue weighted by molar-refractivity contribution is 5.69. The SMILES string of the molecule is CNc1ncc(-c2c(C)cc(C(C)(C)C)cc2C)[nH]1. The first-order valence-electron chi connectivity index (χ1n) is 6.68. The van der Waals surface area contributed by atoms with Gasteiger partial charge in [0, 0.05) is 12.6 Å². The quantitative estimate of drug-likeness (QED) is 0.852. The van der Waals surface area contributed by atoms with E-state index >= 15 is 0 Å². The van der Waals surface area contributed by atoms with Crippen LogP contribution in [0.25, 0.3) is 11.3 Å². The summed E-state index contributed by atoms with van der Waals surface area (Å²) in [6, 6.07) is 4.56. The molecule has 0 aliphatic heterocycles. The zero-order chi connectivity index (χ0) is 14.2. The first kappa shape index (κ1) is 13.7. The van der Waals surface area contributed by atoms with E-state index in [1.807, 2.05) is 13.2 Å². The molecule has 0 radical (unpaired) electrons. The van der Waals surface area contributed by atoms with Crippen molar-refractivity contribution >= 4 is 5.95 Å². The molecular formula is C16H23N3. The molecule has 0 unspecified atom stereocenters. The van der Waals surface area contributed by atoms with E-state index in [0.29, 0.717) is 0 Å². The smallest absolute Gasteiger partial charge is 0.200 e. The molecule has 0 saturated carbocycles. The van der Waals surface area contributed by atoms with Crippen LogP contribution in [0.5, 0.6) is 0 Å². The molecular weight excluding hydrogens is 234 g/mol. The van der Waals surface area contributed by atoms with Gasteiger partial charge in [0.2, 0.25) is 0 Å². The summed E-state index contributed by atoms with van der Waals surface area (Å²) in [5.74, 6) is 0.800. The van der Waals surface area contributed by atoms with E-state index in [1.165, 1.54) is 22.3 Å². The number of benzene rings is 1. The van der Waals surface area contributed by atoms with Gasteiger partial charge in [0.1, 0.15) is 0 Å². The standard InChI is InChI=1S/C16H23N3/c1-10-7-12(16(3,4)5)8-11(2)14(10)13-9-18-15(17-6)19-13/h7-9H,1-6H3,(H2,17,18,19). The largest absolute Gasteiger partial charge is 0.359 e. The van der Waals surface area contributed by atoms with Gasteiger partial charge in [-0.3, -0.25) is 0 Å². The molecule has 19 heavy (non-hydrogen) atoms. The van der Waals surface area contributed by atoms with E-state index in [0.717, 1.165) is 11.6 Å². The van der Waals surface area contributed by atoms with Crippen LogP contribution in [0.15, 0.2) is 18.3 Å². The molecule has 3 nitrogen and oxygen atoms in total. The number of anilines is 1. The fourth-order valence-corrected chi connectivity index (χ4v) is 2.40. The van der Waals surface area contributed by atoms with Crippen LogP contribution < -0.4 is 5.32 Å². The first-order chi connectivity index (χ1) is 8.82. The van der Waals surface area contributed by atoms with E-state index in [2.05, 4.69) is 62.0 Å². The lowest BCUT2D eigenvalue weighted by Gasteiger charge is -2.22. The maximum atomic E-state index is 4.30. The number of hydrogen-bond donors (Lipinski definition) is 2. The van der Waals surface area contributed by atoms with Crippen LogP contribution in [0, 0.1) is 13.8 Å². The van der Waals surface area contributed by atoms with Crippen molar-refractivity contribution in [3.05, 3.63) is 35.0 Å². The lowest BCUT2D eigenvalue weighted by atomic mass is 9.83. The Morgan fingerprint density at radius 2 is 1.68 bits per heavy atom. The minimum Gasteiger partial charge on any atom is -0.359 e. The second kappa shape index (κ2) is 4.72. The summed E-state index contributed by atoms with van der Waals surface area (Å²) in [7, 11) is 1.87. The summed E-state index contributed by atoms with van der Waals surface area (Å²) in [4.78, 5) is 7.59. The predicted molar refractivity (Wildman–Crippen MR) is 81.7 cm³/mol. The van der Waals surface area contributed by atoms with E-state index in [4.69, 9.17) is 0 Å². The molecule has 2 aromatic rings. The molecule has 0 fully saturated rings. The second-order valence-corrected chi connectivity index (χ2v) is 6.13. The molecule has 3 heteroatoms.